The van der Waals surface area contributed by atoms with E-state index >= 15 is 0 Å². The first kappa shape index (κ1) is 20.6. The summed E-state index contributed by atoms with van der Waals surface area (Å²) >= 11 is 0. The number of hydrogen-bond donors (Lipinski definition) is 3. The molecule has 0 spiro atoms. The Hall–Kier alpha value is -3.12. The van der Waals surface area contributed by atoms with E-state index in [1.807, 2.05) is 18.2 Å². The number of aryl methyl sites for hydroxylation is 1. The molecule has 3 aromatic rings. The summed E-state index contributed by atoms with van der Waals surface area (Å²) in [5, 5.41) is 23.9. The summed E-state index contributed by atoms with van der Waals surface area (Å²) in [5.74, 6) is 0.203. The van der Waals surface area contributed by atoms with Gasteiger partial charge in [0.1, 0.15) is 5.75 Å². The molecule has 0 saturated heterocycles. The Morgan fingerprint density at radius 2 is 1.97 bits per heavy atom. The fourth-order valence-electron chi connectivity index (χ4n) is 3.54. The molecule has 0 aliphatic rings. The second-order valence-electron chi connectivity index (χ2n) is 7.34. The lowest BCUT2D eigenvalue weighted by Gasteiger charge is -2.15. The van der Waals surface area contributed by atoms with Gasteiger partial charge in [-0.1, -0.05) is 42.9 Å². The maximum Gasteiger partial charge on any atom is 0.258 e. The predicted octanol–water partition coefficient (Wildman–Crippen LogP) is 3.20. The zero-order chi connectivity index (χ0) is 21.1. The van der Waals surface area contributed by atoms with Crippen molar-refractivity contribution in [1.29, 1.82) is 5.41 Å². The Bertz CT molecular complexity index is 1160. The summed E-state index contributed by atoms with van der Waals surface area (Å²) in [6, 6.07) is 12.6. The van der Waals surface area contributed by atoms with Crippen molar-refractivity contribution < 1.29 is 5.11 Å². The van der Waals surface area contributed by atoms with Crippen LogP contribution in [0.3, 0.4) is 0 Å². The number of aromatic hydroxyl groups is 1. The molecule has 0 aliphatic carbocycles. The van der Waals surface area contributed by atoms with Crippen molar-refractivity contribution in [3.05, 3.63) is 64.7 Å². The highest BCUT2D eigenvalue weighted by molar-refractivity contribution is 6.72. The smallest absolute Gasteiger partial charge is 0.258 e. The van der Waals surface area contributed by atoms with E-state index in [0.717, 1.165) is 28.1 Å². The molecule has 0 aliphatic heterocycles. The lowest BCUT2D eigenvalue weighted by Crippen LogP contribution is -2.25. The van der Waals surface area contributed by atoms with Crippen molar-refractivity contribution in [2.75, 3.05) is 7.05 Å². The van der Waals surface area contributed by atoms with Gasteiger partial charge in [-0.2, -0.15) is 0 Å². The first-order chi connectivity index (χ1) is 13.9. The minimum Gasteiger partial charge on any atom is -0.507 e. The third-order valence-electron chi connectivity index (χ3n) is 5.46. The van der Waals surface area contributed by atoms with Gasteiger partial charge in [0.25, 0.3) is 5.56 Å². The molecule has 3 N–H and O–H groups in total. The number of fused-ring (bicyclic) bond motifs is 1. The van der Waals surface area contributed by atoms with Gasteiger partial charge in [-0.3, -0.25) is 4.79 Å². The van der Waals surface area contributed by atoms with Crippen LogP contribution in [0, 0.1) is 5.41 Å². The fourth-order valence-corrected chi connectivity index (χ4v) is 4.88. The lowest BCUT2D eigenvalue weighted by molar-refractivity contribution is 0.477. The molecule has 1 unspecified atom stereocenters. The number of pyridine rings is 1. The van der Waals surface area contributed by atoms with Crippen molar-refractivity contribution >= 4 is 36.5 Å². The molecule has 1 aromatic heterocycles. The Labute approximate surface area is 172 Å². The number of nitrogens with zero attached hydrogens (tertiary/aromatic N) is 1. The number of phenolic OH excluding ortho intramolecular Hbond substituents is 1. The van der Waals surface area contributed by atoms with Crippen LogP contribution >= 0.6 is 0 Å². The van der Waals surface area contributed by atoms with Crippen LogP contribution in [0.15, 0.2) is 53.6 Å². The molecule has 6 heteroatoms. The van der Waals surface area contributed by atoms with Gasteiger partial charge in [0.15, 0.2) is 0 Å². The second-order valence-corrected chi connectivity index (χ2v) is 10.6. The van der Waals surface area contributed by atoms with E-state index in [0.29, 0.717) is 11.0 Å². The maximum absolute atomic E-state index is 12.7. The SMILES string of the molecule is CC[SiH](C)c1ccc(O)c(-c2cn(C)c(=O)c3ccc(/C(C=N)=C/NC)cc23)c1. The number of benzene rings is 2. The standard InChI is InChI=1S/C23H27N3O2Si/c1-5-29(4)17-7-9-22(27)20(11-17)21-14-26(3)23(28)18-8-6-15(10-19(18)21)16(12-24)13-25-2/h6-14,24-25,27,29H,5H2,1-4H3/b16-13+,24-12?. The average molecular weight is 406 g/mol. The second kappa shape index (κ2) is 8.49. The Morgan fingerprint density at radius 3 is 2.62 bits per heavy atom. The minimum absolute atomic E-state index is 0.0868. The molecular weight excluding hydrogens is 378 g/mol. The monoisotopic (exact) mass is 405 g/mol. The minimum atomic E-state index is -1.06. The van der Waals surface area contributed by atoms with E-state index in [1.165, 1.54) is 11.4 Å². The van der Waals surface area contributed by atoms with E-state index in [1.54, 1.807) is 43.2 Å². The Morgan fingerprint density at radius 1 is 1.21 bits per heavy atom. The van der Waals surface area contributed by atoms with Crippen molar-refractivity contribution in [3.63, 3.8) is 0 Å². The van der Waals surface area contributed by atoms with E-state index in [-0.39, 0.29) is 11.3 Å². The van der Waals surface area contributed by atoms with E-state index in [2.05, 4.69) is 24.9 Å². The maximum atomic E-state index is 12.7. The zero-order valence-electron chi connectivity index (χ0n) is 17.3. The molecule has 3 rings (SSSR count). The highest BCUT2D eigenvalue weighted by atomic mass is 28.3. The van der Waals surface area contributed by atoms with Crippen LogP contribution in [0.4, 0.5) is 0 Å². The first-order valence-electron chi connectivity index (χ1n) is 9.76. The molecule has 0 amide bonds. The quantitative estimate of drug-likeness (QED) is 0.435. The summed E-state index contributed by atoms with van der Waals surface area (Å²) in [6.07, 6.45) is 4.82. The number of phenols is 1. The topological polar surface area (TPSA) is 78.1 Å². The van der Waals surface area contributed by atoms with E-state index in [9.17, 15) is 9.90 Å². The number of rotatable bonds is 6. The van der Waals surface area contributed by atoms with Crippen molar-refractivity contribution in [2.24, 2.45) is 7.05 Å². The summed E-state index contributed by atoms with van der Waals surface area (Å²) in [4.78, 5) is 12.7. The van der Waals surface area contributed by atoms with Crippen LogP contribution in [-0.4, -0.2) is 31.7 Å². The third kappa shape index (κ3) is 3.89. The molecule has 5 nitrogen and oxygen atoms in total. The van der Waals surface area contributed by atoms with Gasteiger partial charge in [0.05, 0.1) is 8.80 Å². The molecular formula is C23H27N3O2Si. The van der Waals surface area contributed by atoms with Crippen LogP contribution in [0.1, 0.15) is 12.5 Å². The van der Waals surface area contributed by atoms with Crippen molar-refractivity contribution in [3.8, 4) is 16.9 Å². The molecule has 2 aromatic carbocycles. The summed E-state index contributed by atoms with van der Waals surface area (Å²) in [5.41, 5.74) is 3.02. The number of hydrogen-bond acceptors (Lipinski definition) is 4. The summed E-state index contributed by atoms with van der Waals surface area (Å²) in [6.45, 7) is 4.50. The molecule has 0 bridgehead atoms. The molecule has 1 atom stereocenters. The van der Waals surface area contributed by atoms with Crippen LogP contribution in [0.5, 0.6) is 5.75 Å². The molecule has 0 radical (unpaired) electrons. The molecule has 150 valence electrons. The summed E-state index contributed by atoms with van der Waals surface area (Å²) in [7, 11) is 2.45. The van der Waals surface area contributed by atoms with Gasteiger partial charge in [0.2, 0.25) is 0 Å². The van der Waals surface area contributed by atoms with Gasteiger partial charge in [-0.15, -0.1) is 0 Å². The van der Waals surface area contributed by atoms with Crippen LogP contribution in [0.25, 0.3) is 27.5 Å². The number of allylic oxidation sites excluding steroid dienone is 1. The van der Waals surface area contributed by atoms with Gasteiger partial charge in [0, 0.05) is 54.8 Å². The highest BCUT2D eigenvalue weighted by Crippen LogP contribution is 2.34. The summed E-state index contributed by atoms with van der Waals surface area (Å²) < 4.78 is 1.56. The fraction of sp³-hybridized carbons (Fsp3) is 0.217. The highest BCUT2D eigenvalue weighted by Gasteiger charge is 2.16. The Balaban J connectivity index is 2.36. The molecule has 0 fully saturated rings. The van der Waals surface area contributed by atoms with Gasteiger partial charge >= 0.3 is 0 Å². The van der Waals surface area contributed by atoms with Crippen LogP contribution < -0.4 is 16.1 Å². The first-order valence-corrected chi connectivity index (χ1v) is 12.3. The van der Waals surface area contributed by atoms with Crippen LogP contribution in [0.2, 0.25) is 12.6 Å². The normalized spacial score (nSPS) is 12.8. The third-order valence-corrected chi connectivity index (χ3v) is 8.19. The zero-order valence-corrected chi connectivity index (χ0v) is 18.4. The largest absolute Gasteiger partial charge is 0.507 e. The van der Waals surface area contributed by atoms with Crippen molar-refractivity contribution in [2.45, 2.75) is 19.5 Å². The van der Waals surface area contributed by atoms with Gasteiger partial charge in [-0.25, -0.2) is 0 Å². The number of nitrogens with one attached hydrogen (secondary N) is 2. The van der Waals surface area contributed by atoms with Crippen LogP contribution in [-0.2, 0) is 7.05 Å². The van der Waals surface area contributed by atoms with Gasteiger partial charge in [-0.05, 0) is 29.1 Å². The van der Waals surface area contributed by atoms with Crippen molar-refractivity contribution in [1.82, 2.24) is 9.88 Å². The Kier molecular flexibility index (Phi) is 6.03. The average Bonchev–Trinajstić information content (AvgIpc) is 2.74. The number of aromatic nitrogens is 1. The van der Waals surface area contributed by atoms with Gasteiger partial charge < -0.3 is 20.4 Å². The van der Waals surface area contributed by atoms with E-state index in [4.69, 9.17) is 5.41 Å². The van der Waals surface area contributed by atoms with E-state index < -0.39 is 8.80 Å². The molecule has 29 heavy (non-hydrogen) atoms. The predicted molar refractivity (Wildman–Crippen MR) is 125 cm³/mol. The lowest BCUT2D eigenvalue weighted by atomic mass is 9.96. The molecule has 1 heterocycles. The molecule has 0 saturated carbocycles.